The topological polar surface area (TPSA) is 66.0 Å². The number of benzene rings is 1. The maximum absolute atomic E-state index is 11.4. The van der Waals surface area contributed by atoms with Gasteiger partial charge in [-0.05, 0) is 52.3 Å². The van der Waals surface area contributed by atoms with E-state index in [-0.39, 0.29) is 5.69 Å². The maximum Gasteiger partial charge on any atom is 0.353 e. The third kappa shape index (κ3) is 2.92. The molecule has 2 heterocycles. The van der Waals surface area contributed by atoms with Crippen molar-refractivity contribution < 1.29 is 9.90 Å². The summed E-state index contributed by atoms with van der Waals surface area (Å²) in [6.07, 6.45) is 0. The van der Waals surface area contributed by atoms with Crippen LogP contribution >= 0.6 is 39.3 Å². The average Bonchev–Trinajstić information content (AvgIpc) is 2.79. The largest absolute Gasteiger partial charge is 0.477 e. The Kier molecular flexibility index (Phi) is 3.93. The standard InChI is InChI=1S/C14H8BrClN2O2S/c15-10-6-5-9-12(11(14(19)20)18-13(9)17-10)21-8-3-1-7(16)2-4-8/h1-6H,(H,17,18)(H,19,20). The van der Waals surface area contributed by atoms with Crippen LogP contribution in [0.3, 0.4) is 0 Å². The van der Waals surface area contributed by atoms with Gasteiger partial charge in [-0.15, -0.1) is 0 Å². The summed E-state index contributed by atoms with van der Waals surface area (Å²) in [5, 5.41) is 10.8. The molecule has 106 valence electrons. The number of nitrogens with zero attached hydrogens (tertiary/aromatic N) is 1. The van der Waals surface area contributed by atoms with E-state index in [4.69, 9.17) is 11.6 Å². The van der Waals surface area contributed by atoms with Gasteiger partial charge in [0.25, 0.3) is 0 Å². The van der Waals surface area contributed by atoms with Crippen LogP contribution in [0.25, 0.3) is 11.0 Å². The number of aromatic nitrogens is 2. The molecule has 0 aliphatic carbocycles. The Morgan fingerprint density at radius 2 is 1.95 bits per heavy atom. The van der Waals surface area contributed by atoms with Gasteiger partial charge in [-0.2, -0.15) is 0 Å². The molecule has 2 aromatic heterocycles. The number of fused-ring (bicyclic) bond motifs is 1. The lowest BCUT2D eigenvalue weighted by Gasteiger charge is -2.02. The first kappa shape index (κ1) is 14.4. The molecule has 3 aromatic rings. The lowest BCUT2D eigenvalue weighted by Crippen LogP contribution is -1.97. The van der Waals surface area contributed by atoms with E-state index in [1.54, 1.807) is 18.2 Å². The highest BCUT2D eigenvalue weighted by Crippen LogP contribution is 2.37. The van der Waals surface area contributed by atoms with E-state index in [1.165, 1.54) is 11.8 Å². The highest BCUT2D eigenvalue weighted by atomic mass is 79.9. The van der Waals surface area contributed by atoms with Crippen LogP contribution in [0.4, 0.5) is 0 Å². The Morgan fingerprint density at radius 3 is 2.62 bits per heavy atom. The van der Waals surface area contributed by atoms with Crippen molar-refractivity contribution in [3.63, 3.8) is 0 Å². The Labute approximate surface area is 137 Å². The molecule has 0 saturated carbocycles. The number of rotatable bonds is 3. The van der Waals surface area contributed by atoms with Crippen LogP contribution < -0.4 is 0 Å². The SMILES string of the molecule is O=C(O)c1[nH]c2nc(Br)ccc2c1Sc1ccc(Cl)cc1. The predicted octanol–water partition coefficient (Wildman–Crippen LogP) is 4.83. The third-order valence-corrected chi connectivity index (χ3v) is 4.65. The molecule has 0 atom stereocenters. The lowest BCUT2D eigenvalue weighted by atomic mass is 10.3. The van der Waals surface area contributed by atoms with Crippen molar-refractivity contribution in [1.82, 2.24) is 9.97 Å². The number of hydrogen-bond acceptors (Lipinski definition) is 3. The van der Waals surface area contributed by atoms with Gasteiger partial charge >= 0.3 is 5.97 Å². The molecule has 7 heteroatoms. The van der Waals surface area contributed by atoms with Gasteiger partial charge in [0.15, 0.2) is 0 Å². The lowest BCUT2D eigenvalue weighted by molar-refractivity contribution is 0.0687. The van der Waals surface area contributed by atoms with Gasteiger partial charge in [-0.25, -0.2) is 9.78 Å². The number of carboxylic acid groups (broad SMARTS) is 1. The Bertz CT molecular complexity index is 833. The number of pyridine rings is 1. The second-order valence-electron chi connectivity index (χ2n) is 4.22. The molecule has 3 rings (SSSR count). The minimum atomic E-state index is -1.01. The summed E-state index contributed by atoms with van der Waals surface area (Å²) >= 11 is 10.5. The first-order valence-electron chi connectivity index (χ1n) is 5.89. The summed E-state index contributed by atoms with van der Waals surface area (Å²) in [5.74, 6) is -1.01. The average molecular weight is 384 g/mol. The zero-order valence-electron chi connectivity index (χ0n) is 10.4. The Balaban J connectivity index is 2.13. The minimum absolute atomic E-state index is 0.135. The van der Waals surface area contributed by atoms with Crippen LogP contribution in [-0.2, 0) is 0 Å². The van der Waals surface area contributed by atoms with Gasteiger partial charge in [0.2, 0.25) is 0 Å². The molecule has 0 spiro atoms. The van der Waals surface area contributed by atoms with Crippen LogP contribution in [0, 0.1) is 0 Å². The van der Waals surface area contributed by atoms with E-state index in [2.05, 4.69) is 25.9 Å². The van der Waals surface area contributed by atoms with E-state index in [9.17, 15) is 9.90 Å². The molecule has 0 fully saturated rings. The van der Waals surface area contributed by atoms with Crippen molar-refractivity contribution in [3.8, 4) is 0 Å². The molecular weight excluding hydrogens is 376 g/mol. The molecule has 0 bridgehead atoms. The second kappa shape index (κ2) is 5.71. The van der Waals surface area contributed by atoms with Crippen LogP contribution in [0.2, 0.25) is 5.02 Å². The number of carboxylic acids is 1. The molecule has 0 unspecified atom stereocenters. The third-order valence-electron chi connectivity index (χ3n) is 2.82. The molecule has 0 aliphatic heterocycles. The smallest absolute Gasteiger partial charge is 0.353 e. The van der Waals surface area contributed by atoms with Crippen LogP contribution in [0.5, 0.6) is 0 Å². The molecular formula is C14H8BrClN2O2S. The number of aromatic amines is 1. The molecule has 1 aromatic carbocycles. The zero-order valence-corrected chi connectivity index (χ0v) is 13.6. The van der Waals surface area contributed by atoms with Crippen molar-refractivity contribution >= 4 is 56.3 Å². The Morgan fingerprint density at radius 1 is 1.24 bits per heavy atom. The van der Waals surface area contributed by atoms with Crippen LogP contribution in [0.1, 0.15) is 10.5 Å². The van der Waals surface area contributed by atoms with Gasteiger partial charge in [-0.1, -0.05) is 23.4 Å². The van der Waals surface area contributed by atoms with E-state index in [0.29, 0.717) is 20.2 Å². The summed E-state index contributed by atoms with van der Waals surface area (Å²) in [6, 6.07) is 10.9. The molecule has 0 radical (unpaired) electrons. The predicted molar refractivity (Wildman–Crippen MR) is 86.3 cm³/mol. The van der Waals surface area contributed by atoms with Crippen LogP contribution in [0.15, 0.2) is 50.8 Å². The molecule has 0 aliphatic rings. The number of carbonyl (C=O) groups is 1. The van der Waals surface area contributed by atoms with Crippen molar-refractivity contribution in [1.29, 1.82) is 0 Å². The minimum Gasteiger partial charge on any atom is -0.477 e. The molecule has 0 amide bonds. The summed E-state index contributed by atoms with van der Waals surface area (Å²) in [4.78, 5) is 20.1. The molecule has 4 nitrogen and oxygen atoms in total. The van der Waals surface area contributed by atoms with E-state index >= 15 is 0 Å². The van der Waals surface area contributed by atoms with Crippen molar-refractivity contribution in [3.05, 3.63) is 51.7 Å². The first-order valence-corrected chi connectivity index (χ1v) is 7.88. The van der Waals surface area contributed by atoms with Gasteiger partial charge in [0.05, 0.1) is 4.90 Å². The summed E-state index contributed by atoms with van der Waals surface area (Å²) < 4.78 is 0.649. The van der Waals surface area contributed by atoms with Crippen molar-refractivity contribution in [2.24, 2.45) is 0 Å². The fourth-order valence-electron chi connectivity index (χ4n) is 1.90. The fraction of sp³-hybridized carbons (Fsp3) is 0. The van der Waals surface area contributed by atoms with Crippen molar-refractivity contribution in [2.45, 2.75) is 9.79 Å². The van der Waals surface area contributed by atoms with Crippen molar-refractivity contribution in [2.75, 3.05) is 0 Å². The number of H-pyrrole nitrogens is 1. The van der Waals surface area contributed by atoms with Gasteiger partial charge < -0.3 is 10.1 Å². The van der Waals surface area contributed by atoms with Gasteiger partial charge in [-0.3, -0.25) is 0 Å². The van der Waals surface area contributed by atoms with Gasteiger partial charge in [0, 0.05) is 15.3 Å². The fourth-order valence-corrected chi connectivity index (χ4v) is 3.36. The highest BCUT2D eigenvalue weighted by Gasteiger charge is 2.19. The van der Waals surface area contributed by atoms with E-state index < -0.39 is 5.97 Å². The number of hydrogen-bond donors (Lipinski definition) is 2. The molecule has 0 saturated heterocycles. The van der Waals surface area contributed by atoms with Gasteiger partial charge in [0.1, 0.15) is 15.9 Å². The Hall–Kier alpha value is -1.50. The summed E-state index contributed by atoms with van der Waals surface area (Å²) in [6.45, 7) is 0. The zero-order chi connectivity index (χ0) is 15.0. The number of nitrogens with one attached hydrogen (secondary N) is 1. The normalized spacial score (nSPS) is 11.0. The molecule has 2 N–H and O–H groups in total. The monoisotopic (exact) mass is 382 g/mol. The summed E-state index contributed by atoms with van der Waals surface area (Å²) in [5.41, 5.74) is 0.675. The van der Waals surface area contributed by atoms with E-state index in [0.717, 1.165) is 10.3 Å². The molecule has 21 heavy (non-hydrogen) atoms. The maximum atomic E-state index is 11.4. The van der Waals surface area contributed by atoms with E-state index in [1.807, 2.05) is 18.2 Å². The highest BCUT2D eigenvalue weighted by molar-refractivity contribution is 9.10. The quantitative estimate of drug-likeness (QED) is 0.636. The summed E-state index contributed by atoms with van der Waals surface area (Å²) in [7, 11) is 0. The number of halogens is 2. The second-order valence-corrected chi connectivity index (χ2v) is 6.55. The first-order chi connectivity index (χ1) is 10.0. The number of aromatic carboxylic acids is 1. The van der Waals surface area contributed by atoms with Crippen LogP contribution in [-0.4, -0.2) is 21.0 Å².